The lowest BCUT2D eigenvalue weighted by molar-refractivity contribution is 0.0905. The third-order valence-corrected chi connectivity index (χ3v) is 4.84. The van der Waals surface area contributed by atoms with E-state index in [1.54, 1.807) is 29.0 Å². The molecule has 9 nitrogen and oxygen atoms in total. The maximum Gasteiger partial charge on any atom is 0.270 e. The van der Waals surface area contributed by atoms with Gasteiger partial charge in [0.1, 0.15) is 23.6 Å². The predicted molar refractivity (Wildman–Crippen MR) is 91.6 cm³/mol. The first-order valence-corrected chi connectivity index (χ1v) is 8.34. The Bertz CT molecular complexity index is 1030. The molecule has 0 saturated heterocycles. The average molecular weight is 354 g/mol. The van der Waals surface area contributed by atoms with Crippen molar-refractivity contribution in [3.8, 4) is 0 Å². The summed E-state index contributed by atoms with van der Waals surface area (Å²) < 4.78 is 3.14. The van der Waals surface area contributed by atoms with Crippen LogP contribution < -0.4 is 10.9 Å². The number of nitrogens with zero attached hydrogens (tertiary/aromatic N) is 5. The van der Waals surface area contributed by atoms with Crippen molar-refractivity contribution in [2.75, 3.05) is 0 Å². The molecular weight excluding hydrogens is 336 g/mol. The summed E-state index contributed by atoms with van der Waals surface area (Å²) in [6, 6.07) is 5.18. The lowest BCUT2D eigenvalue weighted by atomic mass is 9.79. The summed E-state index contributed by atoms with van der Waals surface area (Å²) in [5.74, 6) is 1.07. The Morgan fingerprint density at radius 3 is 2.88 bits per heavy atom. The summed E-state index contributed by atoms with van der Waals surface area (Å²) in [4.78, 5) is 29.0. The Hall–Kier alpha value is -3.07. The molecule has 134 valence electrons. The van der Waals surface area contributed by atoms with Crippen LogP contribution in [0.4, 0.5) is 0 Å². The fourth-order valence-corrected chi connectivity index (χ4v) is 3.26. The summed E-state index contributed by atoms with van der Waals surface area (Å²) in [5.41, 5.74) is 0.142. The van der Waals surface area contributed by atoms with E-state index in [4.69, 9.17) is 0 Å². The van der Waals surface area contributed by atoms with Gasteiger partial charge in [0.05, 0.1) is 0 Å². The zero-order valence-corrected chi connectivity index (χ0v) is 14.2. The second-order valence-corrected chi connectivity index (χ2v) is 6.44. The molecule has 1 fully saturated rings. The number of aliphatic hydroxyl groups is 1. The van der Waals surface area contributed by atoms with E-state index in [0.29, 0.717) is 24.3 Å². The molecule has 0 atom stereocenters. The maximum absolute atomic E-state index is 12.4. The molecule has 0 bridgehead atoms. The van der Waals surface area contributed by atoms with Crippen molar-refractivity contribution in [2.24, 2.45) is 7.05 Å². The number of rotatable bonds is 4. The molecule has 0 aliphatic heterocycles. The minimum Gasteiger partial charge on any atom is -0.388 e. The number of carbonyl (C=O) groups excluding carboxylic acids is 1. The molecule has 1 aliphatic carbocycles. The number of hydrogen-bond acceptors (Lipinski definition) is 6. The highest BCUT2D eigenvalue weighted by molar-refractivity contribution is 5.94. The molecule has 0 spiro atoms. The monoisotopic (exact) mass is 354 g/mol. The topological polar surface area (TPSA) is 114 Å². The van der Waals surface area contributed by atoms with Gasteiger partial charge in [-0.15, -0.1) is 10.2 Å². The molecule has 0 aromatic carbocycles. The quantitative estimate of drug-likeness (QED) is 0.681. The van der Waals surface area contributed by atoms with Crippen LogP contribution >= 0.6 is 0 Å². The lowest BCUT2D eigenvalue weighted by Crippen LogP contribution is -2.45. The van der Waals surface area contributed by atoms with E-state index >= 15 is 0 Å². The first-order valence-electron chi connectivity index (χ1n) is 8.34. The van der Waals surface area contributed by atoms with Gasteiger partial charge in [0, 0.05) is 31.4 Å². The van der Waals surface area contributed by atoms with E-state index in [0.717, 1.165) is 5.82 Å². The van der Waals surface area contributed by atoms with Crippen LogP contribution in [0.2, 0.25) is 0 Å². The Morgan fingerprint density at radius 1 is 1.35 bits per heavy atom. The highest BCUT2D eigenvalue weighted by Gasteiger charge is 2.35. The molecule has 1 saturated carbocycles. The number of aliphatic hydroxyl groups excluding tert-OH is 1. The maximum atomic E-state index is 12.4. The Kier molecular flexibility index (Phi) is 4.00. The van der Waals surface area contributed by atoms with Crippen molar-refractivity contribution in [1.29, 1.82) is 0 Å². The molecule has 26 heavy (non-hydrogen) atoms. The van der Waals surface area contributed by atoms with Crippen LogP contribution in [0.5, 0.6) is 0 Å². The van der Waals surface area contributed by atoms with Crippen LogP contribution in [0.3, 0.4) is 0 Å². The fourth-order valence-electron chi connectivity index (χ4n) is 3.26. The second kappa shape index (κ2) is 6.34. The van der Waals surface area contributed by atoms with Gasteiger partial charge in [0.2, 0.25) is 0 Å². The molecule has 0 radical (unpaired) electrons. The minimum absolute atomic E-state index is 0.0263. The van der Waals surface area contributed by atoms with Gasteiger partial charge in [-0.25, -0.2) is 4.98 Å². The Labute approximate surface area is 148 Å². The molecular formula is C17H18N6O3. The van der Waals surface area contributed by atoms with Crippen molar-refractivity contribution >= 4 is 11.6 Å². The zero-order valence-electron chi connectivity index (χ0n) is 14.2. The van der Waals surface area contributed by atoms with Gasteiger partial charge in [-0.3, -0.25) is 14.0 Å². The number of pyridine rings is 1. The van der Waals surface area contributed by atoms with Gasteiger partial charge in [0.25, 0.3) is 11.5 Å². The minimum atomic E-state index is -0.418. The number of fused-ring (bicyclic) bond motifs is 1. The van der Waals surface area contributed by atoms with Crippen molar-refractivity contribution in [3.63, 3.8) is 0 Å². The summed E-state index contributed by atoms with van der Waals surface area (Å²) in [7, 11) is 1.81. The summed E-state index contributed by atoms with van der Waals surface area (Å²) >= 11 is 0. The van der Waals surface area contributed by atoms with Crippen LogP contribution in [0, 0.1) is 0 Å². The third kappa shape index (κ3) is 2.66. The van der Waals surface area contributed by atoms with Gasteiger partial charge in [-0.2, -0.15) is 0 Å². The van der Waals surface area contributed by atoms with E-state index in [-0.39, 0.29) is 29.7 Å². The average Bonchev–Trinajstić information content (AvgIpc) is 2.98. The second-order valence-electron chi connectivity index (χ2n) is 6.44. The number of hydrogen-bond donors (Lipinski definition) is 2. The summed E-state index contributed by atoms with van der Waals surface area (Å²) in [6.45, 7) is -0.157. The van der Waals surface area contributed by atoms with E-state index in [1.807, 2.05) is 7.05 Å². The van der Waals surface area contributed by atoms with Crippen molar-refractivity contribution in [1.82, 2.24) is 29.5 Å². The number of amides is 1. The predicted octanol–water partition coefficient (Wildman–Crippen LogP) is -0.00870. The number of nitrogens with one attached hydrogen (secondary N) is 1. The van der Waals surface area contributed by atoms with Crippen molar-refractivity contribution in [2.45, 2.75) is 31.4 Å². The van der Waals surface area contributed by atoms with E-state index in [2.05, 4.69) is 20.5 Å². The smallest absolute Gasteiger partial charge is 0.270 e. The normalized spacial score (nSPS) is 19.3. The highest BCUT2D eigenvalue weighted by Crippen LogP contribution is 2.35. The molecule has 0 unspecified atom stereocenters. The molecule has 3 aromatic heterocycles. The molecule has 4 rings (SSSR count). The van der Waals surface area contributed by atoms with Gasteiger partial charge in [0.15, 0.2) is 5.82 Å². The zero-order chi connectivity index (χ0) is 18.3. The Morgan fingerprint density at radius 2 is 2.15 bits per heavy atom. The van der Waals surface area contributed by atoms with Gasteiger partial charge >= 0.3 is 0 Å². The van der Waals surface area contributed by atoms with Gasteiger partial charge in [-0.1, -0.05) is 6.07 Å². The highest BCUT2D eigenvalue weighted by atomic mass is 16.3. The van der Waals surface area contributed by atoms with Crippen molar-refractivity contribution in [3.05, 3.63) is 58.2 Å². The fraction of sp³-hybridized carbons (Fsp3) is 0.353. The SMILES string of the molecule is Cn1c(CO)nnc1C1CC(NC(=O)c2cnc3ccccn3c2=O)C1. The van der Waals surface area contributed by atoms with Crippen LogP contribution in [0.15, 0.2) is 35.4 Å². The van der Waals surface area contributed by atoms with E-state index in [9.17, 15) is 14.7 Å². The summed E-state index contributed by atoms with van der Waals surface area (Å²) in [6.07, 6.45) is 4.34. The van der Waals surface area contributed by atoms with Crippen LogP contribution in [0.25, 0.3) is 5.65 Å². The van der Waals surface area contributed by atoms with E-state index in [1.165, 1.54) is 10.6 Å². The standard InChI is InChI=1S/C17H18N6O3/c1-22-14(9-24)20-21-15(22)10-6-11(7-10)19-16(25)12-8-18-13-4-2-3-5-23(13)17(12)26/h2-5,8,10-11,24H,6-7,9H2,1H3,(H,19,25). The molecule has 3 heterocycles. The Balaban J connectivity index is 1.45. The van der Waals surface area contributed by atoms with E-state index < -0.39 is 5.91 Å². The third-order valence-electron chi connectivity index (χ3n) is 4.84. The van der Waals surface area contributed by atoms with Crippen LogP contribution in [-0.2, 0) is 13.7 Å². The van der Waals surface area contributed by atoms with Crippen LogP contribution in [0.1, 0.15) is 40.8 Å². The molecule has 2 N–H and O–H groups in total. The first kappa shape index (κ1) is 16.4. The molecule has 9 heteroatoms. The lowest BCUT2D eigenvalue weighted by Gasteiger charge is -2.34. The molecule has 3 aromatic rings. The van der Waals surface area contributed by atoms with Gasteiger partial charge < -0.3 is 15.0 Å². The summed E-state index contributed by atoms with van der Waals surface area (Å²) in [5, 5.41) is 20.1. The first-order chi connectivity index (χ1) is 12.6. The molecule has 1 aliphatic rings. The van der Waals surface area contributed by atoms with Gasteiger partial charge in [-0.05, 0) is 25.0 Å². The number of carbonyl (C=O) groups is 1. The van der Waals surface area contributed by atoms with Crippen LogP contribution in [-0.4, -0.2) is 41.2 Å². The largest absolute Gasteiger partial charge is 0.388 e. The molecule has 1 amide bonds. The van der Waals surface area contributed by atoms with Crippen molar-refractivity contribution < 1.29 is 9.90 Å². The number of aromatic nitrogens is 5.